The molecule has 0 amide bonds. The molecule has 3 atom stereocenters. The Morgan fingerprint density at radius 2 is 2.00 bits per heavy atom. The van der Waals surface area contributed by atoms with Gasteiger partial charge in [0.15, 0.2) is 0 Å². The average Bonchev–Trinajstić information content (AvgIpc) is 2.97. The van der Waals surface area contributed by atoms with Crippen LogP contribution in [0.25, 0.3) is 0 Å². The monoisotopic (exact) mass is 191 g/mol. The molecular weight excluding hydrogens is 174 g/mol. The Morgan fingerprint density at radius 1 is 1.36 bits per heavy atom. The summed E-state index contributed by atoms with van der Waals surface area (Å²) in [6.07, 6.45) is 1.24. The van der Waals surface area contributed by atoms with Crippen LogP contribution in [0, 0.1) is 5.92 Å². The van der Waals surface area contributed by atoms with E-state index in [2.05, 4.69) is 19.1 Å². The van der Waals surface area contributed by atoms with Crippen molar-refractivity contribution in [3.8, 4) is 5.75 Å². The zero-order valence-electron chi connectivity index (χ0n) is 8.73. The highest BCUT2D eigenvalue weighted by molar-refractivity contribution is 5.32. The van der Waals surface area contributed by atoms with Crippen LogP contribution >= 0.6 is 0 Å². The van der Waals surface area contributed by atoms with Crippen molar-refractivity contribution in [3.05, 3.63) is 29.8 Å². The maximum Gasteiger partial charge on any atom is 0.118 e. The molecule has 1 saturated carbocycles. The summed E-state index contributed by atoms with van der Waals surface area (Å²) in [6, 6.07) is 8.65. The quantitative estimate of drug-likeness (QED) is 0.794. The van der Waals surface area contributed by atoms with Crippen LogP contribution < -0.4 is 10.5 Å². The largest absolute Gasteiger partial charge is 0.497 e. The number of methoxy groups -OCH3 is 1. The minimum atomic E-state index is 0.321. The van der Waals surface area contributed by atoms with Crippen LogP contribution in [0.1, 0.15) is 24.8 Å². The second-order valence-electron chi connectivity index (χ2n) is 4.14. The van der Waals surface area contributed by atoms with E-state index in [9.17, 15) is 0 Å². The Labute approximate surface area is 85.1 Å². The van der Waals surface area contributed by atoms with Gasteiger partial charge in [0.2, 0.25) is 0 Å². The summed E-state index contributed by atoms with van der Waals surface area (Å²) >= 11 is 0. The van der Waals surface area contributed by atoms with Gasteiger partial charge in [-0.15, -0.1) is 0 Å². The topological polar surface area (TPSA) is 35.2 Å². The zero-order chi connectivity index (χ0) is 10.1. The molecule has 0 spiro atoms. The fourth-order valence-corrected chi connectivity index (χ4v) is 2.03. The highest BCUT2D eigenvalue weighted by Gasteiger charge is 2.40. The third-order valence-electron chi connectivity index (χ3n) is 3.06. The van der Waals surface area contributed by atoms with E-state index in [0.29, 0.717) is 17.9 Å². The molecule has 0 aromatic heterocycles. The van der Waals surface area contributed by atoms with Gasteiger partial charge in [0.1, 0.15) is 5.75 Å². The highest BCUT2D eigenvalue weighted by atomic mass is 16.5. The molecule has 2 N–H and O–H groups in total. The van der Waals surface area contributed by atoms with Crippen molar-refractivity contribution < 1.29 is 4.74 Å². The Bertz CT molecular complexity index is 305. The van der Waals surface area contributed by atoms with Gasteiger partial charge in [0.25, 0.3) is 0 Å². The summed E-state index contributed by atoms with van der Waals surface area (Å²) in [5.41, 5.74) is 7.25. The molecule has 2 rings (SSSR count). The molecule has 1 fully saturated rings. The van der Waals surface area contributed by atoms with E-state index >= 15 is 0 Å². The molecule has 1 aromatic rings. The van der Waals surface area contributed by atoms with Crippen molar-refractivity contribution in [1.29, 1.82) is 0 Å². The third kappa shape index (κ3) is 1.75. The summed E-state index contributed by atoms with van der Waals surface area (Å²) in [4.78, 5) is 0. The summed E-state index contributed by atoms with van der Waals surface area (Å²) < 4.78 is 5.12. The van der Waals surface area contributed by atoms with Crippen LogP contribution in [0.2, 0.25) is 0 Å². The number of benzene rings is 1. The van der Waals surface area contributed by atoms with Gasteiger partial charge < -0.3 is 10.5 Å². The molecule has 0 radical (unpaired) electrons. The number of hydrogen-bond donors (Lipinski definition) is 1. The molecule has 0 heterocycles. The normalized spacial score (nSPS) is 27.1. The predicted molar refractivity (Wildman–Crippen MR) is 57.5 cm³/mol. The molecule has 76 valence electrons. The lowest BCUT2D eigenvalue weighted by Gasteiger charge is -2.05. The minimum absolute atomic E-state index is 0.321. The molecule has 0 saturated heterocycles. The molecule has 1 aromatic carbocycles. The summed E-state index contributed by atoms with van der Waals surface area (Å²) in [7, 11) is 1.69. The molecule has 0 unspecified atom stereocenters. The van der Waals surface area contributed by atoms with E-state index in [1.54, 1.807) is 7.11 Å². The zero-order valence-corrected chi connectivity index (χ0v) is 8.73. The van der Waals surface area contributed by atoms with Gasteiger partial charge in [-0.3, -0.25) is 0 Å². The molecule has 1 aliphatic rings. The Morgan fingerprint density at radius 3 is 2.43 bits per heavy atom. The second-order valence-corrected chi connectivity index (χ2v) is 4.14. The SMILES string of the molecule is COc1ccc([C@@H]2C[C@H]2[C@H](C)N)cc1. The number of nitrogens with two attached hydrogens (primary N) is 1. The first-order valence-corrected chi connectivity index (χ1v) is 5.12. The molecule has 1 aliphatic carbocycles. The average molecular weight is 191 g/mol. The third-order valence-corrected chi connectivity index (χ3v) is 3.06. The Hall–Kier alpha value is -1.02. The summed E-state index contributed by atoms with van der Waals surface area (Å²) in [5, 5.41) is 0. The van der Waals surface area contributed by atoms with Gasteiger partial charge >= 0.3 is 0 Å². The van der Waals surface area contributed by atoms with Crippen LogP contribution in [0.5, 0.6) is 5.75 Å². The molecular formula is C12H17NO. The Balaban J connectivity index is 2.05. The van der Waals surface area contributed by atoms with Crippen LogP contribution in [0.4, 0.5) is 0 Å². The lowest BCUT2D eigenvalue weighted by atomic mass is 10.1. The van der Waals surface area contributed by atoms with Crippen LogP contribution in [-0.2, 0) is 0 Å². The number of rotatable bonds is 3. The van der Waals surface area contributed by atoms with E-state index in [-0.39, 0.29) is 0 Å². The van der Waals surface area contributed by atoms with E-state index in [1.165, 1.54) is 12.0 Å². The minimum Gasteiger partial charge on any atom is -0.497 e. The van der Waals surface area contributed by atoms with Gasteiger partial charge in [-0.1, -0.05) is 12.1 Å². The first kappa shape index (κ1) is 9.53. The summed E-state index contributed by atoms with van der Waals surface area (Å²) in [6.45, 7) is 2.09. The Kier molecular flexibility index (Phi) is 2.46. The van der Waals surface area contributed by atoms with Crippen molar-refractivity contribution >= 4 is 0 Å². The second kappa shape index (κ2) is 3.62. The van der Waals surface area contributed by atoms with E-state index < -0.39 is 0 Å². The maximum absolute atomic E-state index is 5.86. The fourth-order valence-electron chi connectivity index (χ4n) is 2.03. The van der Waals surface area contributed by atoms with Crippen LogP contribution in [0.3, 0.4) is 0 Å². The molecule has 2 nitrogen and oxygen atoms in total. The standard InChI is InChI=1S/C12H17NO/c1-8(13)11-7-12(11)9-3-5-10(14-2)6-4-9/h3-6,8,11-12H,7,13H2,1-2H3/t8-,11-,12-/m0/s1. The number of hydrogen-bond acceptors (Lipinski definition) is 2. The van der Waals surface area contributed by atoms with Gasteiger partial charge in [-0.25, -0.2) is 0 Å². The first-order chi connectivity index (χ1) is 6.72. The van der Waals surface area contributed by atoms with E-state index in [0.717, 1.165) is 5.75 Å². The van der Waals surface area contributed by atoms with Crippen molar-refractivity contribution in [3.63, 3.8) is 0 Å². The van der Waals surface area contributed by atoms with Gasteiger partial charge in [-0.2, -0.15) is 0 Å². The summed E-state index contributed by atoms with van der Waals surface area (Å²) in [5.74, 6) is 2.29. The van der Waals surface area contributed by atoms with Crippen molar-refractivity contribution in [1.82, 2.24) is 0 Å². The van der Waals surface area contributed by atoms with Crippen molar-refractivity contribution in [2.75, 3.05) is 7.11 Å². The lowest BCUT2D eigenvalue weighted by Crippen LogP contribution is -2.17. The molecule has 0 bridgehead atoms. The van der Waals surface area contributed by atoms with Crippen LogP contribution in [0.15, 0.2) is 24.3 Å². The predicted octanol–water partition coefficient (Wildman–Crippen LogP) is 2.15. The molecule has 0 aliphatic heterocycles. The van der Waals surface area contributed by atoms with Crippen LogP contribution in [-0.4, -0.2) is 13.2 Å². The smallest absolute Gasteiger partial charge is 0.118 e. The van der Waals surface area contributed by atoms with Gasteiger partial charge in [-0.05, 0) is 42.9 Å². The first-order valence-electron chi connectivity index (χ1n) is 5.12. The van der Waals surface area contributed by atoms with Crippen molar-refractivity contribution in [2.24, 2.45) is 11.7 Å². The van der Waals surface area contributed by atoms with E-state index in [4.69, 9.17) is 10.5 Å². The molecule has 2 heteroatoms. The van der Waals surface area contributed by atoms with Gasteiger partial charge in [0, 0.05) is 6.04 Å². The fraction of sp³-hybridized carbons (Fsp3) is 0.500. The lowest BCUT2D eigenvalue weighted by molar-refractivity contribution is 0.414. The highest BCUT2D eigenvalue weighted by Crippen LogP contribution is 2.49. The number of ether oxygens (including phenoxy) is 1. The van der Waals surface area contributed by atoms with Gasteiger partial charge in [0.05, 0.1) is 7.11 Å². The maximum atomic E-state index is 5.86. The van der Waals surface area contributed by atoms with Crippen molar-refractivity contribution in [2.45, 2.75) is 25.3 Å². The van der Waals surface area contributed by atoms with E-state index in [1.807, 2.05) is 12.1 Å². The molecule has 14 heavy (non-hydrogen) atoms.